The molecule has 2 aromatic rings. The Morgan fingerprint density at radius 2 is 1.65 bits per heavy atom. The Hall–Kier alpha value is -2.40. The predicted molar refractivity (Wildman–Crippen MR) is 71.1 cm³/mol. The van der Waals surface area contributed by atoms with Gasteiger partial charge < -0.3 is 25.2 Å². The molecule has 1 aliphatic rings. The fraction of sp³-hybridized carbons (Fsp3) is 0.200. The molecule has 0 aliphatic carbocycles. The Labute approximate surface area is 115 Å². The third-order valence-corrected chi connectivity index (χ3v) is 3.52. The molecule has 1 aliphatic heterocycles. The highest BCUT2D eigenvalue weighted by molar-refractivity contribution is 5.53. The standard InChI is InChI=1S/C15H14O5/c16-9-3-1-8(2-4-9)11-7-20-13-6-10(17)5-12(18)14(13)15(11)19/h1-6,11,15-19H,7H2. The molecular formula is C15H14O5. The van der Waals surface area contributed by atoms with Crippen LogP contribution >= 0.6 is 0 Å². The van der Waals surface area contributed by atoms with E-state index in [4.69, 9.17) is 4.74 Å². The molecule has 5 nitrogen and oxygen atoms in total. The van der Waals surface area contributed by atoms with E-state index in [1.54, 1.807) is 12.1 Å². The second-order valence-corrected chi connectivity index (χ2v) is 4.83. The molecule has 0 aromatic heterocycles. The lowest BCUT2D eigenvalue weighted by atomic mass is 9.87. The lowest BCUT2D eigenvalue weighted by molar-refractivity contribution is 0.0858. The van der Waals surface area contributed by atoms with Crippen LogP contribution in [0.25, 0.3) is 0 Å². The Kier molecular flexibility index (Phi) is 2.91. The van der Waals surface area contributed by atoms with Gasteiger partial charge in [-0.3, -0.25) is 0 Å². The number of ether oxygens (including phenoxy) is 1. The van der Waals surface area contributed by atoms with Crippen LogP contribution in [-0.2, 0) is 0 Å². The predicted octanol–water partition coefficient (Wildman–Crippen LogP) is 2.01. The number of aliphatic hydroxyl groups excluding tert-OH is 1. The van der Waals surface area contributed by atoms with Crippen LogP contribution in [0.2, 0.25) is 0 Å². The fourth-order valence-corrected chi connectivity index (χ4v) is 2.49. The van der Waals surface area contributed by atoms with E-state index in [1.807, 2.05) is 0 Å². The third-order valence-electron chi connectivity index (χ3n) is 3.52. The van der Waals surface area contributed by atoms with Crippen molar-refractivity contribution >= 4 is 0 Å². The summed E-state index contributed by atoms with van der Waals surface area (Å²) in [6.07, 6.45) is -0.941. The Bertz CT molecular complexity index is 635. The summed E-state index contributed by atoms with van der Waals surface area (Å²) in [6.45, 7) is 0.224. The number of hydrogen-bond acceptors (Lipinski definition) is 5. The summed E-state index contributed by atoms with van der Waals surface area (Å²) in [7, 11) is 0. The Balaban J connectivity index is 2.00. The largest absolute Gasteiger partial charge is 0.508 e. The van der Waals surface area contributed by atoms with Gasteiger partial charge in [0.2, 0.25) is 0 Å². The van der Waals surface area contributed by atoms with Crippen LogP contribution in [0.1, 0.15) is 23.1 Å². The maximum atomic E-state index is 10.4. The number of aliphatic hydroxyl groups is 1. The zero-order valence-electron chi connectivity index (χ0n) is 10.5. The molecule has 0 amide bonds. The summed E-state index contributed by atoms with van der Waals surface area (Å²) in [5.74, 6) is -0.232. The van der Waals surface area contributed by atoms with Gasteiger partial charge in [-0.1, -0.05) is 12.1 Å². The zero-order chi connectivity index (χ0) is 14.3. The number of rotatable bonds is 1. The summed E-state index contributed by atoms with van der Waals surface area (Å²) in [6, 6.07) is 9.02. The van der Waals surface area contributed by atoms with Crippen molar-refractivity contribution in [2.45, 2.75) is 12.0 Å². The number of phenolic OH excluding ortho intramolecular Hbond substituents is 3. The molecule has 0 saturated heterocycles. The minimum atomic E-state index is -0.941. The van der Waals surface area contributed by atoms with Gasteiger partial charge in [0.25, 0.3) is 0 Å². The molecule has 4 N–H and O–H groups in total. The number of hydrogen-bond donors (Lipinski definition) is 4. The van der Waals surface area contributed by atoms with Crippen LogP contribution in [-0.4, -0.2) is 27.0 Å². The fourth-order valence-electron chi connectivity index (χ4n) is 2.49. The number of benzene rings is 2. The Morgan fingerprint density at radius 1 is 0.950 bits per heavy atom. The summed E-state index contributed by atoms with van der Waals surface area (Å²) in [5.41, 5.74) is 1.07. The van der Waals surface area contributed by atoms with Crippen molar-refractivity contribution in [2.24, 2.45) is 0 Å². The second kappa shape index (κ2) is 4.61. The normalized spacial score (nSPS) is 21.1. The first-order valence-electron chi connectivity index (χ1n) is 6.22. The van der Waals surface area contributed by atoms with Gasteiger partial charge in [-0.05, 0) is 17.7 Å². The monoisotopic (exact) mass is 274 g/mol. The SMILES string of the molecule is Oc1ccc(C2COc3cc(O)cc(O)c3C2O)cc1. The minimum Gasteiger partial charge on any atom is -0.508 e. The van der Waals surface area contributed by atoms with E-state index in [1.165, 1.54) is 24.3 Å². The third kappa shape index (κ3) is 2.02. The average Bonchev–Trinajstić information content (AvgIpc) is 2.39. The summed E-state index contributed by atoms with van der Waals surface area (Å²) < 4.78 is 5.51. The lowest BCUT2D eigenvalue weighted by Gasteiger charge is -2.31. The van der Waals surface area contributed by atoms with E-state index in [0.29, 0.717) is 0 Å². The van der Waals surface area contributed by atoms with Crippen LogP contribution in [0.5, 0.6) is 23.0 Å². The molecule has 1 heterocycles. The average molecular weight is 274 g/mol. The van der Waals surface area contributed by atoms with Gasteiger partial charge in [0.1, 0.15) is 23.0 Å². The molecule has 0 bridgehead atoms. The first-order valence-corrected chi connectivity index (χ1v) is 6.22. The highest BCUT2D eigenvalue weighted by Gasteiger charge is 2.33. The van der Waals surface area contributed by atoms with Crippen LogP contribution in [0.3, 0.4) is 0 Å². The van der Waals surface area contributed by atoms with Gasteiger partial charge in [-0.25, -0.2) is 0 Å². The Morgan fingerprint density at radius 3 is 2.35 bits per heavy atom. The molecule has 2 aromatic carbocycles. The highest BCUT2D eigenvalue weighted by atomic mass is 16.5. The van der Waals surface area contributed by atoms with Gasteiger partial charge in [-0.15, -0.1) is 0 Å². The van der Waals surface area contributed by atoms with E-state index < -0.39 is 6.10 Å². The van der Waals surface area contributed by atoms with Crippen molar-refractivity contribution < 1.29 is 25.2 Å². The molecule has 0 radical (unpaired) electrons. The van der Waals surface area contributed by atoms with E-state index >= 15 is 0 Å². The van der Waals surface area contributed by atoms with Crippen LogP contribution in [0.4, 0.5) is 0 Å². The van der Waals surface area contributed by atoms with Gasteiger partial charge in [0.05, 0.1) is 18.3 Å². The number of fused-ring (bicyclic) bond motifs is 1. The molecule has 2 unspecified atom stereocenters. The first-order chi connectivity index (χ1) is 9.56. The smallest absolute Gasteiger partial charge is 0.132 e. The van der Waals surface area contributed by atoms with Crippen molar-refractivity contribution in [3.63, 3.8) is 0 Å². The maximum Gasteiger partial charge on any atom is 0.132 e. The molecule has 0 saturated carbocycles. The van der Waals surface area contributed by atoms with E-state index in [9.17, 15) is 20.4 Å². The first kappa shape index (κ1) is 12.6. The summed E-state index contributed by atoms with van der Waals surface area (Å²) >= 11 is 0. The second-order valence-electron chi connectivity index (χ2n) is 4.83. The number of aromatic hydroxyl groups is 3. The van der Waals surface area contributed by atoms with Crippen molar-refractivity contribution in [2.75, 3.05) is 6.61 Å². The van der Waals surface area contributed by atoms with Crippen molar-refractivity contribution in [3.8, 4) is 23.0 Å². The van der Waals surface area contributed by atoms with Crippen molar-refractivity contribution in [1.29, 1.82) is 0 Å². The van der Waals surface area contributed by atoms with Crippen molar-refractivity contribution in [1.82, 2.24) is 0 Å². The molecule has 0 spiro atoms. The molecule has 104 valence electrons. The molecular weight excluding hydrogens is 260 g/mol. The van der Waals surface area contributed by atoms with Gasteiger partial charge in [0, 0.05) is 18.1 Å². The van der Waals surface area contributed by atoms with Crippen LogP contribution in [0.15, 0.2) is 36.4 Å². The molecule has 2 atom stereocenters. The van der Waals surface area contributed by atoms with Gasteiger partial charge in [0.15, 0.2) is 0 Å². The number of phenols is 3. The topological polar surface area (TPSA) is 90.2 Å². The summed E-state index contributed by atoms with van der Waals surface area (Å²) in [4.78, 5) is 0. The van der Waals surface area contributed by atoms with Gasteiger partial charge in [-0.2, -0.15) is 0 Å². The van der Waals surface area contributed by atoms with Gasteiger partial charge >= 0.3 is 0 Å². The van der Waals surface area contributed by atoms with Crippen LogP contribution in [0, 0.1) is 0 Å². The summed E-state index contributed by atoms with van der Waals surface area (Å²) in [5, 5.41) is 39.0. The molecule has 20 heavy (non-hydrogen) atoms. The minimum absolute atomic E-state index is 0.114. The molecule has 3 rings (SSSR count). The molecule has 0 fully saturated rings. The van der Waals surface area contributed by atoms with Crippen LogP contribution < -0.4 is 4.74 Å². The lowest BCUT2D eigenvalue weighted by Crippen LogP contribution is -2.24. The quantitative estimate of drug-likeness (QED) is 0.638. The van der Waals surface area contributed by atoms with E-state index in [2.05, 4.69) is 0 Å². The van der Waals surface area contributed by atoms with Crippen molar-refractivity contribution in [3.05, 3.63) is 47.5 Å². The maximum absolute atomic E-state index is 10.4. The zero-order valence-corrected chi connectivity index (χ0v) is 10.5. The molecule has 5 heteroatoms. The highest BCUT2D eigenvalue weighted by Crippen LogP contribution is 2.46. The van der Waals surface area contributed by atoms with E-state index in [0.717, 1.165) is 5.56 Å². The van der Waals surface area contributed by atoms with E-state index in [-0.39, 0.29) is 41.1 Å².